The van der Waals surface area contributed by atoms with Crippen molar-refractivity contribution in [3.05, 3.63) is 24.2 Å². The molecule has 1 aromatic heterocycles. The molecular formula is C17H30N4O. The highest BCUT2D eigenvalue weighted by atomic mass is 16.3. The van der Waals surface area contributed by atoms with E-state index in [2.05, 4.69) is 34.0 Å². The van der Waals surface area contributed by atoms with Crippen molar-refractivity contribution in [1.29, 1.82) is 0 Å². The normalized spacial score (nSPS) is 19.2. The van der Waals surface area contributed by atoms with Crippen molar-refractivity contribution in [2.75, 3.05) is 46.3 Å². The molecule has 5 nitrogen and oxygen atoms in total. The molecule has 1 fully saturated rings. The molecule has 1 unspecified atom stereocenters. The van der Waals surface area contributed by atoms with Crippen LogP contribution in [-0.4, -0.2) is 62.1 Å². The van der Waals surface area contributed by atoms with E-state index in [1.165, 1.54) is 13.0 Å². The fraction of sp³-hybridized carbons (Fsp3) is 0.706. The van der Waals surface area contributed by atoms with Crippen LogP contribution in [0.15, 0.2) is 27.8 Å². The van der Waals surface area contributed by atoms with Gasteiger partial charge < -0.3 is 19.5 Å². The Kier molecular flexibility index (Phi) is 6.77. The standard InChI is InChI=1S/C17H30N4O/c1-4-20(5-2)13-15-9-11-21(14-15)17(18-3)19-10-8-16-7-6-12-22-16/h6-7,12,15H,4-5,8-11,13-14H2,1-3H3,(H,18,19). The largest absolute Gasteiger partial charge is 0.469 e. The maximum Gasteiger partial charge on any atom is 0.193 e. The van der Waals surface area contributed by atoms with Crippen LogP contribution in [0.3, 0.4) is 0 Å². The molecule has 1 aliphatic heterocycles. The van der Waals surface area contributed by atoms with Crippen LogP contribution in [-0.2, 0) is 6.42 Å². The van der Waals surface area contributed by atoms with Crippen LogP contribution in [0.2, 0.25) is 0 Å². The molecule has 124 valence electrons. The Labute approximate surface area is 134 Å². The summed E-state index contributed by atoms with van der Waals surface area (Å²) in [7, 11) is 1.87. The van der Waals surface area contributed by atoms with E-state index in [4.69, 9.17) is 4.42 Å². The lowest BCUT2D eigenvalue weighted by atomic mass is 10.1. The number of rotatable bonds is 7. The number of hydrogen-bond acceptors (Lipinski definition) is 3. The monoisotopic (exact) mass is 306 g/mol. The van der Waals surface area contributed by atoms with Gasteiger partial charge in [-0.25, -0.2) is 0 Å². The van der Waals surface area contributed by atoms with Crippen molar-refractivity contribution in [1.82, 2.24) is 15.1 Å². The number of nitrogens with one attached hydrogen (secondary N) is 1. The molecular weight excluding hydrogens is 276 g/mol. The second-order valence-electron chi connectivity index (χ2n) is 5.89. The summed E-state index contributed by atoms with van der Waals surface area (Å²) in [5.41, 5.74) is 0. The number of nitrogens with zero attached hydrogens (tertiary/aromatic N) is 3. The van der Waals surface area contributed by atoms with E-state index in [0.29, 0.717) is 0 Å². The minimum atomic E-state index is 0.753. The average molecular weight is 306 g/mol. The smallest absolute Gasteiger partial charge is 0.193 e. The van der Waals surface area contributed by atoms with Crippen molar-refractivity contribution in [3.63, 3.8) is 0 Å². The Hall–Kier alpha value is -1.49. The van der Waals surface area contributed by atoms with E-state index in [-0.39, 0.29) is 0 Å². The molecule has 0 radical (unpaired) electrons. The third-order valence-corrected chi connectivity index (χ3v) is 4.44. The molecule has 5 heteroatoms. The molecule has 2 heterocycles. The number of hydrogen-bond donors (Lipinski definition) is 1. The van der Waals surface area contributed by atoms with Gasteiger partial charge in [-0.15, -0.1) is 0 Å². The first-order valence-electron chi connectivity index (χ1n) is 8.47. The predicted molar refractivity (Wildman–Crippen MR) is 91.2 cm³/mol. The minimum Gasteiger partial charge on any atom is -0.469 e. The fourth-order valence-corrected chi connectivity index (χ4v) is 3.11. The summed E-state index contributed by atoms with van der Waals surface area (Å²) in [6.45, 7) is 11.0. The molecule has 1 atom stereocenters. The summed E-state index contributed by atoms with van der Waals surface area (Å²) in [5, 5.41) is 3.45. The molecule has 22 heavy (non-hydrogen) atoms. The molecule has 1 N–H and O–H groups in total. The third-order valence-electron chi connectivity index (χ3n) is 4.44. The molecule has 0 saturated carbocycles. The third kappa shape index (κ3) is 4.77. The number of aliphatic imine (C=N–C) groups is 1. The van der Waals surface area contributed by atoms with Crippen LogP contribution in [0.4, 0.5) is 0 Å². The van der Waals surface area contributed by atoms with Gasteiger partial charge in [0.05, 0.1) is 6.26 Å². The molecule has 0 amide bonds. The van der Waals surface area contributed by atoms with E-state index < -0.39 is 0 Å². The Morgan fingerprint density at radius 2 is 2.27 bits per heavy atom. The van der Waals surface area contributed by atoms with Crippen LogP contribution < -0.4 is 5.32 Å². The van der Waals surface area contributed by atoms with Gasteiger partial charge in [-0.05, 0) is 37.6 Å². The molecule has 1 aromatic rings. The topological polar surface area (TPSA) is 44.0 Å². The lowest BCUT2D eigenvalue weighted by Gasteiger charge is -2.24. The number of likely N-dealkylation sites (tertiary alicyclic amines) is 1. The van der Waals surface area contributed by atoms with Crippen molar-refractivity contribution in [3.8, 4) is 0 Å². The zero-order valence-corrected chi connectivity index (χ0v) is 14.2. The molecule has 0 bridgehead atoms. The SMILES string of the molecule is CCN(CC)CC1CCN(C(=NC)NCCc2ccco2)C1. The number of furan rings is 1. The van der Waals surface area contributed by atoms with Crippen molar-refractivity contribution in [2.24, 2.45) is 10.9 Å². The lowest BCUT2D eigenvalue weighted by molar-refractivity contribution is 0.255. The van der Waals surface area contributed by atoms with E-state index in [1.807, 2.05) is 19.2 Å². The Morgan fingerprint density at radius 3 is 2.91 bits per heavy atom. The summed E-state index contributed by atoms with van der Waals surface area (Å²) in [5.74, 6) is 2.79. The highest BCUT2D eigenvalue weighted by Gasteiger charge is 2.25. The van der Waals surface area contributed by atoms with Gasteiger partial charge in [0.1, 0.15) is 5.76 Å². The maximum absolute atomic E-state index is 5.36. The van der Waals surface area contributed by atoms with Gasteiger partial charge in [0.2, 0.25) is 0 Å². The van der Waals surface area contributed by atoms with E-state index in [0.717, 1.165) is 56.8 Å². The van der Waals surface area contributed by atoms with E-state index in [1.54, 1.807) is 6.26 Å². The zero-order valence-electron chi connectivity index (χ0n) is 14.2. The molecule has 2 rings (SSSR count). The molecule has 0 aromatic carbocycles. The van der Waals surface area contributed by atoms with Crippen LogP contribution in [0.25, 0.3) is 0 Å². The summed E-state index contributed by atoms with van der Waals surface area (Å²) in [6.07, 6.45) is 3.88. The molecule has 1 saturated heterocycles. The van der Waals surface area contributed by atoms with E-state index in [9.17, 15) is 0 Å². The number of guanidine groups is 1. The summed E-state index contributed by atoms with van der Waals surface area (Å²) in [4.78, 5) is 9.33. The average Bonchev–Trinajstić information content (AvgIpc) is 3.21. The van der Waals surface area contributed by atoms with Crippen LogP contribution >= 0.6 is 0 Å². The van der Waals surface area contributed by atoms with E-state index >= 15 is 0 Å². The zero-order chi connectivity index (χ0) is 15.8. The quantitative estimate of drug-likeness (QED) is 0.619. The van der Waals surface area contributed by atoms with Crippen molar-refractivity contribution in [2.45, 2.75) is 26.7 Å². The van der Waals surface area contributed by atoms with Gasteiger partial charge in [0.15, 0.2) is 5.96 Å². The van der Waals surface area contributed by atoms with Crippen LogP contribution in [0.1, 0.15) is 26.0 Å². The predicted octanol–water partition coefficient (Wildman–Crippen LogP) is 2.06. The second kappa shape index (κ2) is 8.83. The van der Waals surface area contributed by atoms with Gasteiger partial charge in [-0.3, -0.25) is 4.99 Å². The second-order valence-corrected chi connectivity index (χ2v) is 5.89. The van der Waals surface area contributed by atoms with Crippen molar-refractivity contribution < 1.29 is 4.42 Å². The van der Waals surface area contributed by atoms with Crippen molar-refractivity contribution >= 4 is 5.96 Å². The summed E-state index contributed by atoms with van der Waals surface area (Å²) < 4.78 is 5.36. The summed E-state index contributed by atoms with van der Waals surface area (Å²) in [6, 6.07) is 3.95. The van der Waals surface area contributed by atoms with Gasteiger partial charge in [0, 0.05) is 39.6 Å². The van der Waals surface area contributed by atoms with Gasteiger partial charge in [-0.2, -0.15) is 0 Å². The summed E-state index contributed by atoms with van der Waals surface area (Å²) >= 11 is 0. The lowest BCUT2D eigenvalue weighted by Crippen LogP contribution is -2.41. The first kappa shape index (κ1) is 16.9. The van der Waals surface area contributed by atoms with Crippen LogP contribution in [0.5, 0.6) is 0 Å². The maximum atomic E-state index is 5.36. The minimum absolute atomic E-state index is 0.753. The van der Waals surface area contributed by atoms with Gasteiger partial charge >= 0.3 is 0 Å². The molecule has 1 aliphatic rings. The highest BCUT2D eigenvalue weighted by molar-refractivity contribution is 5.80. The van der Waals surface area contributed by atoms with Gasteiger partial charge in [-0.1, -0.05) is 13.8 Å². The molecule has 0 spiro atoms. The Balaban J connectivity index is 1.75. The molecule has 0 aliphatic carbocycles. The first-order valence-corrected chi connectivity index (χ1v) is 8.47. The first-order chi connectivity index (χ1) is 10.8. The fourth-order valence-electron chi connectivity index (χ4n) is 3.11. The van der Waals surface area contributed by atoms with Crippen LogP contribution in [0, 0.1) is 5.92 Å². The Bertz CT molecular complexity index is 440. The highest BCUT2D eigenvalue weighted by Crippen LogP contribution is 2.17. The Morgan fingerprint density at radius 1 is 1.45 bits per heavy atom. The van der Waals surface area contributed by atoms with Gasteiger partial charge in [0.25, 0.3) is 0 Å².